The number of halogens is 3. The van der Waals surface area contributed by atoms with Crippen molar-refractivity contribution in [3.8, 4) is 0 Å². The van der Waals surface area contributed by atoms with Gasteiger partial charge in [-0.05, 0) is 69.4 Å². The van der Waals surface area contributed by atoms with E-state index in [9.17, 15) is 14.5 Å². The first-order valence-corrected chi connectivity index (χ1v) is 8.01. The minimum Gasteiger partial charge on any atom is -0.258 e. The van der Waals surface area contributed by atoms with E-state index < -0.39 is 4.92 Å². The van der Waals surface area contributed by atoms with Crippen LogP contribution >= 0.6 is 56.9 Å². The molecule has 0 saturated heterocycles. The lowest BCUT2D eigenvalue weighted by Crippen LogP contribution is -1.89. The van der Waals surface area contributed by atoms with Gasteiger partial charge in [-0.25, -0.2) is 4.39 Å². The predicted molar refractivity (Wildman–Crippen MR) is 89.1 cm³/mol. The van der Waals surface area contributed by atoms with Crippen LogP contribution in [0.25, 0.3) is 0 Å². The average molecular weight is 501 g/mol. The summed E-state index contributed by atoms with van der Waals surface area (Å²) in [7, 11) is 0. The Labute approximate surface area is 140 Å². The van der Waals surface area contributed by atoms with Gasteiger partial charge >= 0.3 is 0 Å². The maximum atomic E-state index is 13.4. The number of non-ortho nitro benzene ring substituents is 1. The third-order valence-corrected chi connectivity index (χ3v) is 6.70. The van der Waals surface area contributed by atoms with Crippen molar-refractivity contribution in [3.63, 3.8) is 0 Å². The van der Waals surface area contributed by atoms with Crippen molar-refractivity contribution in [1.82, 2.24) is 0 Å². The van der Waals surface area contributed by atoms with Crippen LogP contribution in [0.1, 0.15) is 0 Å². The number of nitrogens with zero attached hydrogens (tertiary/aromatic N) is 1. The van der Waals surface area contributed by atoms with Crippen molar-refractivity contribution in [1.29, 1.82) is 0 Å². The molecule has 0 aliphatic rings. The zero-order valence-corrected chi connectivity index (χ0v) is 14.4. The minimum absolute atomic E-state index is 0.0490. The number of nitro benzene ring substituents is 1. The van der Waals surface area contributed by atoms with Crippen molar-refractivity contribution in [3.05, 3.63) is 59.5 Å². The highest BCUT2D eigenvalue weighted by Gasteiger charge is 2.10. The summed E-state index contributed by atoms with van der Waals surface area (Å²) in [5, 5.41) is 10.6. The second-order valence-electron chi connectivity index (χ2n) is 3.55. The van der Waals surface area contributed by atoms with Gasteiger partial charge in [-0.3, -0.25) is 10.1 Å². The molecule has 98 valence electrons. The van der Waals surface area contributed by atoms with Crippen LogP contribution < -0.4 is 0 Å². The fourth-order valence-electron chi connectivity index (χ4n) is 1.37. The molecule has 0 unspecified atom stereocenters. The lowest BCUT2D eigenvalue weighted by Gasteiger charge is -2.06. The van der Waals surface area contributed by atoms with E-state index in [4.69, 9.17) is 0 Å². The average Bonchev–Trinajstić information content (AvgIpc) is 2.36. The lowest BCUT2D eigenvalue weighted by atomic mass is 10.3. The molecular formula is C12H6FI2NO2S. The molecule has 0 aromatic heterocycles. The monoisotopic (exact) mass is 501 g/mol. The van der Waals surface area contributed by atoms with Crippen LogP contribution in [0.5, 0.6) is 0 Å². The smallest absolute Gasteiger partial charge is 0.258 e. The van der Waals surface area contributed by atoms with Gasteiger partial charge in [-0.15, -0.1) is 0 Å². The van der Waals surface area contributed by atoms with Gasteiger partial charge in [0.1, 0.15) is 5.82 Å². The van der Waals surface area contributed by atoms with E-state index in [0.29, 0.717) is 0 Å². The summed E-state index contributed by atoms with van der Waals surface area (Å²) in [6.07, 6.45) is 0. The SMILES string of the molecule is O=[N+]([O-])c1ccc(Sc2cc(F)cc(I)c2I)cc1. The van der Waals surface area contributed by atoms with E-state index in [0.717, 1.165) is 16.9 Å². The van der Waals surface area contributed by atoms with Gasteiger partial charge < -0.3 is 0 Å². The molecule has 0 aliphatic carbocycles. The molecule has 0 saturated carbocycles. The standard InChI is InChI=1S/C12H6FI2NO2S/c13-7-5-10(14)12(15)11(6-7)19-9-3-1-8(2-4-9)16(17)18/h1-6H. The molecule has 0 atom stereocenters. The summed E-state index contributed by atoms with van der Waals surface area (Å²) in [6, 6.07) is 9.16. The van der Waals surface area contributed by atoms with Crippen molar-refractivity contribution < 1.29 is 9.31 Å². The fourth-order valence-corrected chi connectivity index (χ4v) is 3.68. The first kappa shape index (κ1) is 15.0. The van der Waals surface area contributed by atoms with E-state index in [1.807, 2.05) is 0 Å². The number of nitro groups is 1. The highest BCUT2D eigenvalue weighted by Crippen LogP contribution is 2.34. The molecule has 2 aromatic rings. The Bertz CT molecular complexity index is 634. The Morgan fingerprint density at radius 1 is 1.16 bits per heavy atom. The molecule has 2 aromatic carbocycles. The van der Waals surface area contributed by atoms with Gasteiger partial charge in [-0.2, -0.15) is 0 Å². The van der Waals surface area contributed by atoms with Crippen LogP contribution in [0.15, 0.2) is 46.2 Å². The van der Waals surface area contributed by atoms with Crippen molar-refractivity contribution in [2.24, 2.45) is 0 Å². The third kappa shape index (κ3) is 3.78. The van der Waals surface area contributed by atoms with Gasteiger partial charge in [0.25, 0.3) is 5.69 Å². The zero-order chi connectivity index (χ0) is 14.0. The molecule has 3 nitrogen and oxygen atoms in total. The molecule has 0 aliphatic heterocycles. The fraction of sp³-hybridized carbons (Fsp3) is 0. The Hall–Kier alpha value is -0.420. The highest BCUT2D eigenvalue weighted by atomic mass is 127. The topological polar surface area (TPSA) is 43.1 Å². The summed E-state index contributed by atoms with van der Waals surface area (Å²) in [5.74, 6) is -0.283. The Kier molecular flexibility index (Phi) is 5.01. The Balaban J connectivity index is 2.28. The number of rotatable bonds is 3. The lowest BCUT2D eigenvalue weighted by molar-refractivity contribution is -0.384. The molecule has 2 rings (SSSR count). The van der Waals surface area contributed by atoms with Crippen LogP contribution in [-0.2, 0) is 0 Å². The molecule has 0 heterocycles. The largest absolute Gasteiger partial charge is 0.269 e. The van der Waals surface area contributed by atoms with Gasteiger partial charge in [0.15, 0.2) is 0 Å². The maximum Gasteiger partial charge on any atom is 0.269 e. The van der Waals surface area contributed by atoms with Crippen molar-refractivity contribution >= 4 is 62.6 Å². The molecule has 0 fully saturated rings. The van der Waals surface area contributed by atoms with E-state index >= 15 is 0 Å². The molecular weight excluding hydrogens is 495 g/mol. The Morgan fingerprint density at radius 2 is 1.79 bits per heavy atom. The van der Waals surface area contributed by atoms with Gasteiger partial charge in [-0.1, -0.05) is 11.8 Å². The number of hydrogen-bond acceptors (Lipinski definition) is 3. The summed E-state index contributed by atoms with van der Waals surface area (Å²) >= 11 is 5.63. The van der Waals surface area contributed by atoms with E-state index in [-0.39, 0.29) is 11.5 Å². The molecule has 0 radical (unpaired) electrons. The van der Waals surface area contributed by atoms with Crippen LogP contribution in [0.4, 0.5) is 10.1 Å². The quantitative estimate of drug-likeness (QED) is 0.255. The minimum atomic E-state index is -0.441. The first-order chi connectivity index (χ1) is 8.97. The van der Waals surface area contributed by atoms with Crippen molar-refractivity contribution in [2.75, 3.05) is 0 Å². The summed E-state index contributed by atoms with van der Waals surface area (Å²) in [6.45, 7) is 0. The van der Waals surface area contributed by atoms with Gasteiger partial charge in [0.05, 0.1) is 4.92 Å². The molecule has 0 bridgehead atoms. The van der Waals surface area contributed by atoms with Crippen LogP contribution in [0.3, 0.4) is 0 Å². The number of hydrogen-bond donors (Lipinski definition) is 0. The van der Waals surface area contributed by atoms with E-state index in [2.05, 4.69) is 45.2 Å². The van der Waals surface area contributed by atoms with Crippen molar-refractivity contribution in [2.45, 2.75) is 9.79 Å². The van der Waals surface area contributed by atoms with Crippen LogP contribution in [0.2, 0.25) is 0 Å². The van der Waals surface area contributed by atoms with Gasteiger partial charge in [0.2, 0.25) is 0 Å². The molecule has 0 spiro atoms. The normalized spacial score (nSPS) is 10.5. The molecule has 7 heteroatoms. The van der Waals surface area contributed by atoms with Gasteiger partial charge in [0, 0.05) is 29.1 Å². The van der Waals surface area contributed by atoms with E-state index in [1.165, 1.54) is 36.0 Å². The summed E-state index contributed by atoms with van der Waals surface area (Å²) in [4.78, 5) is 11.8. The summed E-state index contributed by atoms with van der Waals surface area (Å²) in [5.41, 5.74) is 0.0490. The molecule has 0 N–H and O–H groups in total. The Morgan fingerprint density at radius 3 is 2.37 bits per heavy atom. The second kappa shape index (κ2) is 6.35. The zero-order valence-electron chi connectivity index (χ0n) is 9.27. The van der Waals surface area contributed by atoms with Crippen LogP contribution in [-0.4, -0.2) is 4.92 Å². The molecule has 19 heavy (non-hydrogen) atoms. The first-order valence-electron chi connectivity index (χ1n) is 5.04. The predicted octanol–water partition coefficient (Wildman–Crippen LogP) is 5.09. The summed E-state index contributed by atoms with van der Waals surface area (Å²) < 4.78 is 15.2. The van der Waals surface area contributed by atoms with Crippen LogP contribution in [0, 0.1) is 23.1 Å². The highest BCUT2D eigenvalue weighted by molar-refractivity contribution is 14.1. The maximum absolute atomic E-state index is 13.4. The van der Waals surface area contributed by atoms with E-state index in [1.54, 1.807) is 12.1 Å². The molecule has 0 amide bonds. The third-order valence-electron chi connectivity index (χ3n) is 2.23. The number of benzene rings is 2. The second-order valence-corrected chi connectivity index (χ2v) is 6.91.